The van der Waals surface area contributed by atoms with E-state index in [1.807, 2.05) is 0 Å². The zero-order valence-corrected chi connectivity index (χ0v) is 9.74. The standard InChI is InChI=1S/C12H22N2O/c1-3-12-5-8-4-10(12)14(15)7-9(6-12)11(8)13-2/h8-11,13,15H,3-7H2,1-2H3. The summed E-state index contributed by atoms with van der Waals surface area (Å²) in [7, 11) is 2.08. The van der Waals surface area contributed by atoms with Crippen LogP contribution >= 0.6 is 0 Å². The molecule has 3 rings (SSSR count). The zero-order chi connectivity index (χ0) is 10.6. The highest BCUT2D eigenvalue weighted by molar-refractivity contribution is 5.11. The monoisotopic (exact) mass is 210 g/mol. The molecule has 3 heteroatoms. The van der Waals surface area contributed by atoms with Crippen molar-refractivity contribution in [2.24, 2.45) is 17.3 Å². The van der Waals surface area contributed by atoms with Gasteiger partial charge in [0, 0.05) is 18.6 Å². The topological polar surface area (TPSA) is 35.5 Å². The van der Waals surface area contributed by atoms with Crippen molar-refractivity contribution in [3.8, 4) is 0 Å². The van der Waals surface area contributed by atoms with Gasteiger partial charge in [0.2, 0.25) is 0 Å². The molecule has 0 aromatic rings. The predicted molar refractivity (Wildman–Crippen MR) is 58.7 cm³/mol. The highest BCUT2D eigenvalue weighted by Gasteiger charge is 2.59. The summed E-state index contributed by atoms with van der Waals surface area (Å²) in [6, 6.07) is 1.09. The van der Waals surface area contributed by atoms with Gasteiger partial charge in [-0.05, 0) is 50.0 Å². The normalized spacial score (nSPS) is 53.8. The van der Waals surface area contributed by atoms with E-state index in [1.54, 1.807) is 5.06 Å². The molecule has 1 heterocycles. The number of fused-ring (bicyclic) bond motifs is 2. The average molecular weight is 210 g/mol. The van der Waals surface area contributed by atoms with Gasteiger partial charge in [0.25, 0.3) is 0 Å². The number of nitrogens with zero attached hydrogens (tertiary/aromatic N) is 1. The third kappa shape index (κ3) is 1.17. The highest BCUT2D eigenvalue weighted by atomic mass is 16.5. The van der Waals surface area contributed by atoms with Crippen molar-refractivity contribution in [2.45, 2.75) is 44.7 Å². The summed E-state index contributed by atoms with van der Waals surface area (Å²) < 4.78 is 0. The van der Waals surface area contributed by atoms with Gasteiger partial charge in [0.1, 0.15) is 0 Å². The number of rotatable bonds is 2. The molecule has 2 N–H and O–H groups in total. The molecule has 3 aliphatic rings. The smallest absolute Gasteiger partial charge is 0.0410 e. The number of nitrogens with one attached hydrogen (secondary N) is 1. The lowest BCUT2D eigenvalue weighted by Crippen LogP contribution is -2.56. The van der Waals surface area contributed by atoms with Crippen molar-refractivity contribution in [3.05, 3.63) is 0 Å². The molecule has 3 bridgehead atoms. The predicted octanol–water partition coefficient (Wildman–Crippen LogP) is 1.47. The quantitative estimate of drug-likeness (QED) is 0.724. The van der Waals surface area contributed by atoms with Crippen molar-refractivity contribution < 1.29 is 5.21 Å². The number of hydrogen-bond donors (Lipinski definition) is 2. The Morgan fingerprint density at radius 3 is 2.80 bits per heavy atom. The first-order valence-corrected chi connectivity index (χ1v) is 6.33. The maximum absolute atomic E-state index is 10.1. The van der Waals surface area contributed by atoms with Crippen LogP contribution in [0.15, 0.2) is 0 Å². The van der Waals surface area contributed by atoms with E-state index >= 15 is 0 Å². The van der Waals surface area contributed by atoms with Crippen molar-refractivity contribution in [3.63, 3.8) is 0 Å². The van der Waals surface area contributed by atoms with Crippen LogP contribution in [0.5, 0.6) is 0 Å². The average Bonchev–Trinajstić information content (AvgIpc) is 2.49. The maximum atomic E-state index is 10.1. The molecule has 0 aromatic heterocycles. The molecule has 2 saturated carbocycles. The summed E-state index contributed by atoms with van der Waals surface area (Å²) in [6.45, 7) is 3.18. The van der Waals surface area contributed by atoms with E-state index < -0.39 is 0 Å². The van der Waals surface area contributed by atoms with Gasteiger partial charge in [-0.2, -0.15) is 5.06 Å². The van der Waals surface area contributed by atoms with Crippen molar-refractivity contribution in [1.29, 1.82) is 0 Å². The fraction of sp³-hybridized carbons (Fsp3) is 1.00. The van der Waals surface area contributed by atoms with Crippen LogP contribution in [0.1, 0.15) is 32.6 Å². The fourth-order valence-corrected chi connectivity index (χ4v) is 4.78. The molecular weight excluding hydrogens is 188 g/mol. The largest absolute Gasteiger partial charge is 0.316 e. The van der Waals surface area contributed by atoms with Crippen LogP contribution in [0, 0.1) is 17.3 Å². The molecule has 3 nitrogen and oxygen atoms in total. The second-order valence-electron chi connectivity index (χ2n) is 5.83. The third-order valence-corrected chi connectivity index (χ3v) is 5.40. The molecule has 3 fully saturated rings. The summed E-state index contributed by atoms with van der Waals surface area (Å²) in [4.78, 5) is 0. The van der Waals surface area contributed by atoms with Crippen LogP contribution in [0.4, 0.5) is 0 Å². The first-order valence-electron chi connectivity index (χ1n) is 6.33. The minimum Gasteiger partial charge on any atom is -0.316 e. The molecule has 86 valence electrons. The Bertz CT molecular complexity index is 270. The SMILES string of the molecule is CCC12CC3CC1N(O)CC(C2)C3NC. The molecule has 0 radical (unpaired) electrons. The molecule has 1 saturated heterocycles. The van der Waals surface area contributed by atoms with Crippen molar-refractivity contribution in [1.82, 2.24) is 10.4 Å². The van der Waals surface area contributed by atoms with Crippen LogP contribution in [0.2, 0.25) is 0 Å². The van der Waals surface area contributed by atoms with Crippen molar-refractivity contribution >= 4 is 0 Å². The van der Waals surface area contributed by atoms with E-state index in [-0.39, 0.29) is 0 Å². The second kappa shape index (κ2) is 3.19. The van der Waals surface area contributed by atoms with Gasteiger partial charge in [0.05, 0.1) is 0 Å². The van der Waals surface area contributed by atoms with Crippen LogP contribution in [0.25, 0.3) is 0 Å². The highest BCUT2D eigenvalue weighted by Crippen LogP contribution is 2.59. The van der Waals surface area contributed by atoms with Gasteiger partial charge in [-0.25, -0.2) is 0 Å². The Balaban J connectivity index is 1.96. The van der Waals surface area contributed by atoms with Gasteiger partial charge < -0.3 is 10.5 Å². The summed E-state index contributed by atoms with van der Waals surface area (Å²) in [5.41, 5.74) is 0.440. The molecule has 0 aromatic carbocycles. The molecule has 2 aliphatic carbocycles. The lowest BCUT2D eigenvalue weighted by molar-refractivity contribution is -0.192. The summed E-state index contributed by atoms with van der Waals surface area (Å²) in [5, 5.41) is 15.2. The van der Waals surface area contributed by atoms with Gasteiger partial charge in [0.15, 0.2) is 0 Å². The van der Waals surface area contributed by atoms with E-state index in [2.05, 4.69) is 19.3 Å². The van der Waals surface area contributed by atoms with E-state index in [4.69, 9.17) is 0 Å². The molecule has 5 atom stereocenters. The van der Waals surface area contributed by atoms with Crippen LogP contribution in [0.3, 0.4) is 0 Å². The minimum absolute atomic E-state index is 0.440. The molecule has 1 aliphatic heterocycles. The van der Waals surface area contributed by atoms with E-state index in [0.717, 1.165) is 12.5 Å². The molecular formula is C12H22N2O. The van der Waals surface area contributed by atoms with Gasteiger partial charge in [-0.15, -0.1) is 0 Å². The summed E-state index contributed by atoms with van der Waals surface area (Å²) in [6.07, 6.45) is 5.09. The van der Waals surface area contributed by atoms with E-state index in [1.165, 1.54) is 25.7 Å². The van der Waals surface area contributed by atoms with E-state index in [0.29, 0.717) is 23.4 Å². The fourth-order valence-electron chi connectivity index (χ4n) is 4.78. The molecule has 15 heavy (non-hydrogen) atoms. The van der Waals surface area contributed by atoms with Crippen LogP contribution in [-0.2, 0) is 0 Å². The number of hydrogen-bond acceptors (Lipinski definition) is 3. The van der Waals surface area contributed by atoms with Crippen LogP contribution < -0.4 is 5.32 Å². The first kappa shape index (κ1) is 10.1. The lowest BCUT2D eigenvalue weighted by atomic mass is 9.64. The van der Waals surface area contributed by atoms with Gasteiger partial charge in [-0.3, -0.25) is 0 Å². The summed E-state index contributed by atoms with van der Waals surface area (Å²) in [5.74, 6) is 1.47. The number of hydroxylamine groups is 2. The second-order valence-corrected chi connectivity index (χ2v) is 5.83. The van der Waals surface area contributed by atoms with Crippen molar-refractivity contribution in [2.75, 3.05) is 13.6 Å². The third-order valence-electron chi connectivity index (χ3n) is 5.40. The van der Waals surface area contributed by atoms with Gasteiger partial charge >= 0.3 is 0 Å². The molecule has 5 unspecified atom stereocenters. The Morgan fingerprint density at radius 2 is 2.13 bits per heavy atom. The maximum Gasteiger partial charge on any atom is 0.0410 e. The van der Waals surface area contributed by atoms with Crippen LogP contribution in [-0.4, -0.2) is 35.9 Å². The molecule has 0 spiro atoms. The van der Waals surface area contributed by atoms with Gasteiger partial charge in [-0.1, -0.05) is 6.92 Å². The Kier molecular flexibility index (Phi) is 2.14. The Morgan fingerprint density at radius 1 is 1.40 bits per heavy atom. The molecule has 0 amide bonds. The lowest BCUT2D eigenvalue weighted by Gasteiger charge is -2.50. The van der Waals surface area contributed by atoms with E-state index in [9.17, 15) is 5.21 Å². The number of piperidine rings is 1. The zero-order valence-electron chi connectivity index (χ0n) is 9.74. The minimum atomic E-state index is 0.440. The summed E-state index contributed by atoms with van der Waals surface area (Å²) >= 11 is 0. The first-order chi connectivity index (χ1) is 7.20. The Labute approximate surface area is 91.8 Å². The Hall–Kier alpha value is -0.120.